The number of hydrogen-bond acceptors (Lipinski definition) is 2. The van der Waals surface area contributed by atoms with E-state index in [4.69, 9.17) is 4.74 Å². The number of carbonyl (C=O) groups excluding carboxylic acids is 1. The van der Waals surface area contributed by atoms with Gasteiger partial charge in [-0.25, -0.2) is 0 Å². The van der Waals surface area contributed by atoms with Crippen molar-refractivity contribution in [3.8, 4) is 0 Å². The van der Waals surface area contributed by atoms with Crippen LogP contribution in [0.15, 0.2) is 23.8 Å². The highest BCUT2D eigenvalue weighted by Crippen LogP contribution is 2.08. The van der Waals surface area contributed by atoms with E-state index in [1.54, 1.807) is 0 Å². The van der Waals surface area contributed by atoms with Crippen LogP contribution in [0.1, 0.15) is 39.0 Å². The quantitative estimate of drug-likeness (QED) is 0.437. The minimum Gasteiger partial charge on any atom is -0.465 e. The average Bonchev–Trinajstić information content (AvgIpc) is 2.16. The van der Waals surface area contributed by atoms with Crippen LogP contribution in [0.3, 0.4) is 0 Å². The summed E-state index contributed by atoms with van der Waals surface area (Å²) >= 11 is 0. The summed E-state index contributed by atoms with van der Waals surface area (Å²) < 4.78 is 5.03. The molecule has 0 unspecified atom stereocenters. The lowest BCUT2D eigenvalue weighted by Crippen LogP contribution is -2.05. The van der Waals surface area contributed by atoms with Crippen LogP contribution in [0.25, 0.3) is 0 Å². The lowest BCUT2D eigenvalue weighted by atomic mass is 10.1. The SMILES string of the molecule is C/C1=C\CCCC(=O)OCC/C=C\C1. The molecular weight excluding hydrogens is 176 g/mol. The van der Waals surface area contributed by atoms with E-state index in [9.17, 15) is 4.79 Å². The summed E-state index contributed by atoms with van der Waals surface area (Å²) in [5.74, 6) is -0.0648. The predicted molar refractivity (Wildman–Crippen MR) is 56.9 cm³/mol. The molecule has 0 atom stereocenters. The van der Waals surface area contributed by atoms with Crippen LogP contribution in [-0.2, 0) is 9.53 Å². The monoisotopic (exact) mass is 194 g/mol. The Kier molecular flexibility index (Phi) is 5.05. The molecular formula is C12H18O2. The summed E-state index contributed by atoms with van der Waals surface area (Å²) in [7, 11) is 0. The number of rotatable bonds is 0. The van der Waals surface area contributed by atoms with Gasteiger partial charge < -0.3 is 4.74 Å². The molecule has 0 aliphatic carbocycles. The maximum atomic E-state index is 11.1. The molecule has 0 saturated heterocycles. The second kappa shape index (κ2) is 6.41. The van der Waals surface area contributed by atoms with Crippen molar-refractivity contribution >= 4 is 5.97 Å². The van der Waals surface area contributed by atoms with Gasteiger partial charge in [-0.2, -0.15) is 0 Å². The van der Waals surface area contributed by atoms with Gasteiger partial charge in [0.15, 0.2) is 0 Å². The fourth-order valence-electron chi connectivity index (χ4n) is 1.38. The summed E-state index contributed by atoms with van der Waals surface area (Å²) in [6, 6.07) is 0. The van der Waals surface area contributed by atoms with Gasteiger partial charge >= 0.3 is 5.97 Å². The molecule has 0 amide bonds. The number of hydrogen-bond donors (Lipinski definition) is 0. The lowest BCUT2D eigenvalue weighted by Gasteiger charge is -2.04. The first-order valence-corrected chi connectivity index (χ1v) is 5.25. The first kappa shape index (κ1) is 11.0. The molecule has 0 fully saturated rings. The van der Waals surface area contributed by atoms with Crippen LogP contribution in [-0.4, -0.2) is 12.6 Å². The summed E-state index contributed by atoms with van der Waals surface area (Å²) in [4.78, 5) is 11.1. The van der Waals surface area contributed by atoms with Crippen LogP contribution in [0.5, 0.6) is 0 Å². The van der Waals surface area contributed by atoms with Gasteiger partial charge in [0, 0.05) is 6.42 Å². The highest BCUT2D eigenvalue weighted by Gasteiger charge is 2.01. The Bertz CT molecular complexity index is 239. The Labute approximate surface area is 85.6 Å². The number of allylic oxidation sites excluding steroid dienone is 3. The zero-order chi connectivity index (χ0) is 10.2. The van der Waals surface area contributed by atoms with E-state index in [2.05, 4.69) is 25.2 Å². The van der Waals surface area contributed by atoms with Gasteiger partial charge in [-0.1, -0.05) is 23.8 Å². The van der Waals surface area contributed by atoms with E-state index in [0.29, 0.717) is 13.0 Å². The van der Waals surface area contributed by atoms with E-state index in [1.807, 2.05) is 0 Å². The Morgan fingerprint density at radius 3 is 3.00 bits per heavy atom. The van der Waals surface area contributed by atoms with Gasteiger partial charge in [-0.05, 0) is 32.6 Å². The van der Waals surface area contributed by atoms with Crippen molar-refractivity contribution in [1.29, 1.82) is 0 Å². The van der Waals surface area contributed by atoms with E-state index < -0.39 is 0 Å². The average molecular weight is 194 g/mol. The Hall–Kier alpha value is -1.05. The summed E-state index contributed by atoms with van der Waals surface area (Å²) in [5.41, 5.74) is 1.38. The van der Waals surface area contributed by atoms with Gasteiger partial charge in [0.05, 0.1) is 6.61 Å². The predicted octanol–water partition coefficient (Wildman–Crippen LogP) is 3.00. The maximum absolute atomic E-state index is 11.1. The molecule has 0 spiro atoms. The number of esters is 1. The molecule has 1 rings (SSSR count). The van der Waals surface area contributed by atoms with Crippen LogP contribution >= 0.6 is 0 Å². The smallest absolute Gasteiger partial charge is 0.305 e. The van der Waals surface area contributed by atoms with Crippen LogP contribution in [0, 0.1) is 0 Å². The Morgan fingerprint density at radius 1 is 1.29 bits per heavy atom. The second-order valence-corrected chi connectivity index (χ2v) is 3.63. The van der Waals surface area contributed by atoms with Gasteiger partial charge in [0.1, 0.15) is 0 Å². The highest BCUT2D eigenvalue weighted by atomic mass is 16.5. The van der Waals surface area contributed by atoms with Crippen molar-refractivity contribution in [1.82, 2.24) is 0 Å². The first-order chi connectivity index (χ1) is 6.79. The molecule has 0 saturated carbocycles. The molecule has 1 heterocycles. The summed E-state index contributed by atoms with van der Waals surface area (Å²) in [5, 5.41) is 0. The zero-order valence-corrected chi connectivity index (χ0v) is 8.79. The fraction of sp³-hybridized carbons (Fsp3) is 0.583. The van der Waals surface area contributed by atoms with E-state index >= 15 is 0 Å². The minimum atomic E-state index is -0.0648. The van der Waals surface area contributed by atoms with Crippen molar-refractivity contribution in [3.05, 3.63) is 23.8 Å². The molecule has 2 nitrogen and oxygen atoms in total. The van der Waals surface area contributed by atoms with E-state index in [-0.39, 0.29) is 5.97 Å². The largest absolute Gasteiger partial charge is 0.465 e. The first-order valence-electron chi connectivity index (χ1n) is 5.25. The van der Waals surface area contributed by atoms with Gasteiger partial charge in [-0.3, -0.25) is 4.79 Å². The van der Waals surface area contributed by atoms with Crippen LogP contribution in [0.4, 0.5) is 0 Å². The molecule has 0 aromatic rings. The molecule has 2 heteroatoms. The molecule has 0 aromatic heterocycles. The molecule has 0 aromatic carbocycles. The molecule has 78 valence electrons. The number of cyclic esters (lactones) is 1. The van der Waals surface area contributed by atoms with Gasteiger partial charge in [0.2, 0.25) is 0 Å². The normalized spacial score (nSPS) is 26.4. The number of carbonyl (C=O) groups is 1. The minimum absolute atomic E-state index is 0.0648. The molecule has 0 bridgehead atoms. The third kappa shape index (κ3) is 4.85. The Morgan fingerprint density at radius 2 is 2.14 bits per heavy atom. The Balaban J connectivity index is 2.44. The standard InChI is InChI=1S/C12H18O2/c1-11-7-3-2-6-10-14-12(13)9-5-4-8-11/h2-3,8H,4-7,9-10H2,1H3/b3-2-,11-8+. The van der Waals surface area contributed by atoms with Crippen molar-refractivity contribution in [3.63, 3.8) is 0 Å². The molecule has 0 radical (unpaired) electrons. The summed E-state index contributed by atoms with van der Waals surface area (Å²) in [6.45, 7) is 2.66. The van der Waals surface area contributed by atoms with Crippen molar-refractivity contribution in [2.75, 3.05) is 6.61 Å². The van der Waals surface area contributed by atoms with E-state index in [0.717, 1.165) is 25.7 Å². The molecule has 1 aliphatic heterocycles. The maximum Gasteiger partial charge on any atom is 0.305 e. The van der Waals surface area contributed by atoms with Crippen molar-refractivity contribution < 1.29 is 9.53 Å². The molecule has 0 N–H and O–H groups in total. The second-order valence-electron chi connectivity index (χ2n) is 3.63. The zero-order valence-electron chi connectivity index (χ0n) is 8.79. The highest BCUT2D eigenvalue weighted by molar-refractivity contribution is 5.69. The third-order valence-electron chi connectivity index (χ3n) is 2.23. The third-order valence-corrected chi connectivity index (χ3v) is 2.23. The molecule has 1 aliphatic rings. The van der Waals surface area contributed by atoms with Crippen molar-refractivity contribution in [2.24, 2.45) is 0 Å². The molecule has 14 heavy (non-hydrogen) atoms. The van der Waals surface area contributed by atoms with Gasteiger partial charge in [-0.15, -0.1) is 0 Å². The topological polar surface area (TPSA) is 26.3 Å². The summed E-state index contributed by atoms with van der Waals surface area (Å²) in [6.07, 6.45) is 10.7. The lowest BCUT2D eigenvalue weighted by molar-refractivity contribution is -0.143. The van der Waals surface area contributed by atoms with Crippen LogP contribution < -0.4 is 0 Å². The number of ether oxygens (including phenoxy) is 1. The van der Waals surface area contributed by atoms with E-state index in [1.165, 1.54) is 5.57 Å². The fourth-order valence-corrected chi connectivity index (χ4v) is 1.38. The van der Waals surface area contributed by atoms with Crippen molar-refractivity contribution in [2.45, 2.75) is 39.0 Å². The van der Waals surface area contributed by atoms with Gasteiger partial charge in [0.25, 0.3) is 0 Å². The van der Waals surface area contributed by atoms with Crippen LogP contribution in [0.2, 0.25) is 0 Å².